The first-order valence-electron chi connectivity index (χ1n) is 17.4. The molecule has 0 aliphatic carbocycles. The van der Waals surface area contributed by atoms with E-state index in [4.69, 9.17) is 0 Å². The van der Waals surface area contributed by atoms with Gasteiger partial charge in [0.25, 0.3) is 0 Å². The van der Waals surface area contributed by atoms with Gasteiger partial charge in [0, 0.05) is 5.56 Å². The number of hydrogen-bond acceptors (Lipinski definition) is 5. The smallest absolute Gasteiger partial charge is 0.208 e. The Balaban J connectivity index is 1.18. The van der Waals surface area contributed by atoms with Crippen molar-refractivity contribution < 1.29 is 25.5 Å². The Morgan fingerprint density at radius 2 is 0.679 bits per heavy atom. The van der Waals surface area contributed by atoms with Gasteiger partial charge in [0.1, 0.15) is 0 Å². The predicted molar refractivity (Wildman–Crippen MR) is 216 cm³/mol. The van der Waals surface area contributed by atoms with Crippen molar-refractivity contribution in [3.8, 4) is 62.1 Å². The van der Waals surface area contributed by atoms with E-state index in [1.54, 1.807) is 0 Å². The Kier molecular flexibility index (Phi) is 6.57. The zero-order valence-electron chi connectivity index (χ0n) is 28.2. The third kappa shape index (κ3) is 4.44. The lowest BCUT2D eigenvalue weighted by molar-refractivity contribution is 0.330. The summed E-state index contributed by atoms with van der Waals surface area (Å²) in [5.41, 5.74) is 4.51. The van der Waals surface area contributed by atoms with Crippen molar-refractivity contribution in [2.75, 3.05) is 0 Å². The van der Waals surface area contributed by atoms with Crippen LogP contribution in [-0.4, -0.2) is 25.5 Å². The lowest BCUT2D eigenvalue weighted by atomic mass is 9.84. The van der Waals surface area contributed by atoms with Gasteiger partial charge in [0.05, 0.1) is 5.56 Å². The molecular weight excluding hydrogens is 657 g/mol. The molecule has 0 unspecified atom stereocenters. The summed E-state index contributed by atoms with van der Waals surface area (Å²) in [6.07, 6.45) is 0. The highest BCUT2D eigenvalue weighted by molar-refractivity contribution is 6.24. The van der Waals surface area contributed by atoms with E-state index in [1.165, 1.54) is 37.9 Å². The summed E-state index contributed by atoms with van der Waals surface area (Å²) in [6, 6.07) is 52.3. The van der Waals surface area contributed by atoms with E-state index in [9.17, 15) is 25.5 Å². The van der Waals surface area contributed by atoms with Crippen molar-refractivity contribution in [1.29, 1.82) is 0 Å². The molecule has 0 aliphatic rings. The van der Waals surface area contributed by atoms with Crippen LogP contribution in [0.3, 0.4) is 0 Å². The van der Waals surface area contributed by atoms with Crippen molar-refractivity contribution in [2.24, 2.45) is 0 Å². The SMILES string of the molecule is Oc1c(O)c(O)c(-c2c3ccccc3c(-c3ccc4cc(-c5cc6c7ccccc7ccc6c6ccccc56)ccc4c3)c3ccccc23)c(O)c1O. The summed E-state index contributed by atoms with van der Waals surface area (Å²) >= 11 is 0. The van der Waals surface area contributed by atoms with Gasteiger partial charge in [-0.2, -0.15) is 0 Å². The normalized spacial score (nSPS) is 11.8. The van der Waals surface area contributed by atoms with E-state index in [0.717, 1.165) is 38.2 Å². The van der Waals surface area contributed by atoms with Gasteiger partial charge in [0.2, 0.25) is 17.2 Å². The first-order chi connectivity index (χ1) is 25.9. The molecule has 53 heavy (non-hydrogen) atoms. The quantitative estimate of drug-likeness (QED) is 0.0551. The van der Waals surface area contributed by atoms with Crippen LogP contribution in [0.25, 0.3) is 98.0 Å². The van der Waals surface area contributed by atoms with Crippen LogP contribution in [0.2, 0.25) is 0 Å². The average Bonchev–Trinajstić information content (AvgIpc) is 3.21. The van der Waals surface area contributed by atoms with Gasteiger partial charge in [-0.3, -0.25) is 0 Å². The summed E-state index contributed by atoms with van der Waals surface area (Å²) in [5.74, 6) is -4.27. The maximum absolute atomic E-state index is 11.0. The number of rotatable bonds is 3. The highest BCUT2D eigenvalue weighted by Gasteiger charge is 2.28. The number of benzene rings is 10. The molecule has 252 valence electrons. The van der Waals surface area contributed by atoms with Crippen LogP contribution in [0.5, 0.6) is 28.7 Å². The Hall–Kier alpha value is -7.24. The van der Waals surface area contributed by atoms with E-state index in [-0.39, 0.29) is 5.56 Å². The number of aromatic hydroxyl groups is 5. The van der Waals surface area contributed by atoms with Crippen molar-refractivity contribution in [3.05, 3.63) is 152 Å². The highest BCUT2D eigenvalue weighted by atomic mass is 16.4. The predicted octanol–water partition coefficient (Wildman–Crippen LogP) is 12.1. The second kappa shape index (κ2) is 11.4. The van der Waals surface area contributed by atoms with Gasteiger partial charge in [-0.05, 0) is 105 Å². The number of phenolic OH excluding ortho intramolecular Hbond substituents is 5. The van der Waals surface area contributed by atoms with E-state index >= 15 is 0 Å². The second-order valence-corrected chi connectivity index (χ2v) is 13.6. The third-order valence-electron chi connectivity index (χ3n) is 10.8. The summed E-state index contributed by atoms with van der Waals surface area (Å²) in [5, 5.41) is 65.8. The molecule has 0 atom stereocenters. The van der Waals surface area contributed by atoms with E-state index in [2.05, 4.69) is 103 Å². The van der Waals surface area contributed by atoms with Crippen LogP contribution >= 0.6 is 0 Å². The number of fused-ring (bicyclic) bond motifs is 8. The molecule has 0 aromatic heterocycles. The van der Waals surface area contributed by atoms with Gasteiger partial charge in [0.15, 0.2) is 11.5 Å². The zero-order valence-corrected chi connectivity index (χ0v) is 28.2. The molecule has 10 rings (SSSR count). The minimum absolute atomic E-state index is 0.169. The van der Waals surface area contributed by atoms with Crippen LogP contribution in [-0.2, 0) is 0 Å². The van der Waals surface area contributed by atoms with Crippen LogP contribution in [0.4, 0.5) is 0 Å². The van der Waals surface area contributed by atoms with E-state index in [0.29, 0.717) is 16.3 Å². The van der Waals surface area contributed by atoms with Gasteiger partial charge < -0.3 is 25.5 Å². The largest absolute Gasteiger partial charge is 0.504 e. The van der Waals surface area contributed by atoms with Crippen molar-refractivity contribution in [3.63, 3.8) is 0 Å². The molecule has 0 saturated heterocycles. The molecular formula is C48H30O5. The van der Waals surface area contributed by atoms with Crippen molar-refractivity contribution in [1.82, 2.24) is 0 Å². The Morgan fingerprint density at radius 1 is 0.245 bits per heavy atom. The summed E-state index contributed by atoms with van der Waals surface area (Å²) < 4.78 is 0. The molecule has 0 amide bonds. The van der Waals surface area contributed by atoms with Crippen molar-refractivity contribution >= 4 is 64.6 Å². The molecule has 10 aromatic rings. The van der Waals surface area contributed by atoms with Crippen LogP contribution in [0.15, 0.2) is 152 Å². The summed E-state index contributed by atoms with van der Waals surface area (Å²) in [4.78, 5) is 0. The monoisotopic (exact) mass is 686 g/mol. The minimum Gasteiger partial charge on any atom is -0.504 e. The fourth-order valence-corrected chi connectivity index (χ4v) is 8.30. The first-order valence-corrected chi connectivity index (χ1v) is 17.4. The maximum Gasteiger partial charge on any atom is 0.208 e. The molecule has 5 heteroatoms. The van der Waals surface area contributed by atoms with Crippen LogP contribution in [0.1, 0.15) is 0 Å². The lowest BCUT2D eigenvalue weighted by Gasteiger charge is -2.20. The standard InChI is InChI=1S/C48H30O5/c49-44-43(45(50)47(52)48(53)46(44)51)42-37-15-7-5-13-35(37)41(36-14-6-8-16-38(36)42)30-20-18-27-23-29(19-17-28(27)24-30)39-25-40-31-10-2-1-9-26(31)21-22-34(40)32-11-3-4-12-33(32)39/h1-25,49-53H. The fraction of sp³-hybridized carbons (Fsp3) is 0. The number of phenols is 5. The average molecular weight is 687 g/mol. The highest BCUT2D eigenvalue weighted by Crippen LogP contribution is 2.57. The lowest BCUT2D eigenvalue weighted by Crippen LogP contribution is -1.92. The van der Waals surface area contributed by atoms with Crippen LogP contribution in [0, 0.1) is 0 Å². The maximum atomic E-state index is 11.0. The van der Waals surface area contributed by atoms with E-state index in [1.807, 2.05) is 48.5 Å². The topological polar surface area (TPSA) is 101 Å². The van der Waals surface area contributed by atoms with Crippen molar-refractivity contribution in [2.45, 2.75) is 0 Å². The zero-order chi connectivity index (χ0) is 36.0. The molecule has 0 aliphatic heterocycles. The Morgan fingerprint density at radius 3 is 1.30 bits per heavy atom. The minimum atomic E-state index is -0.990. The molecule has 0 bridgehead atoms. The molecule has 0 radical (unpaired) electrons. The molecule has 5 N–H and O–H groups in total. The molecule has 0 fully saturated rings. The van der Waals surface area contributed by atoms with Gasteiger partial charge in [-0.25, -0.2) is 0 Å². The molecule has 0 heterocycles. The van der Waals surface area contributed by atoms with E-state index < -0.39 is 28.7 Å². The molecule has 0 spiro atoms. The van der Waals surface area contributed by atoms with Gasteiger partial charge in [-0.15, -0.1) is 0 Å². The third-order valence-corrected chi connectivity index (χ3v) is 10.8. The Labute approximate surface area is 303 Å². The van der Waals surface area contributed by atoms with Gasteiger partial charge >= 0.3 is 0 Å². The molecule has 10 aromatic carbocycles. The molecule has 0 saturated carbocycles. The molecule has 5 nitrogen and oxygen atoms in total. The Bertz CT molecular complexity index is 3090. The summed E-state index contributed by atoms with van der Waals surface area (Å²) in [7, 11) is 0. The van der Waals surface area contributed by atoms with Crippen LogP contribution < -0.4 is 0 Å². The number of hydrogen-bond donors (Lipinski definition) is 5. The fourth-order valence-electron chi connectivity index (χ4n) is 8.30. The second-order valence-electron chi connectivity index (χ2n) is 13.6. The summed E-state index contributed by atoms with van der Waals surface area (Å²) in [6.45, 7) is 0. The van der Waals surface area contributed by atoms with Gasteiger partial charge in [-0.1, -0.05) is 133 Å². The first kappa shape index (κ1) is 30.6.